The lowest BCUT2D eigenvalue weighted by molar-refractivity contribution is -0.134. The van der Waals surface area contributed by atoms with E-state index in [4.69, 9.17) is 9.47 Å². The zero-order chi connectivity index (χ0) is 19.1. The minimum absolute atomic E-state index is 0.230. The third kappa shape index (κ3) is 5.45. The summed E-state index contributed by atoms with van der Waals surface area (Å²) < 4.78 is 10.9. The van der Waals surface area contributed by atoms with Gasteiger partial charge in [0.15, 0.2) is 0 Å². The number of rotatable bonds is 7. The van der Waals surface area contributed by atoms with E-state index in [9.17, 15) is 4.79 Å². The Morgan fingerprint density at radius 1 is 0.778 bits per heavy atom. The number of esters is 1. The Bertz CT molecular complexity index is 863. The van der Waals surface area contributed by atoms with E-state index in [0.29, 0.717) is 25.2 Å². The molecule has 3 aromatic carbocycles. The summed E-state index contributed by atoms with van der Waals surface area (Å²) in [5.41, 5.74) is 4.57. The van der Waals surface area contributed by atoms with Crippen LogP contribution in [0.25, 0.3) is 11.1 Å². The van der Waals surface area contributed by atoms with E-state index in [1.165, 1.54) is 5.56 Å². The van der Waals surface area contributed by atoms with Crippen molar-refractivity contribution in [2.24, 2.45) is 0 Å². The molecule has 0 aliphatic rings. The molecule has 0 amide bonds. The lowest BCUT2D eigenvalue weighted by Crippen LogP contribution is -2.09. The summed E-state index contributed by atoms with van der Waals surface area (Å²) in [5, 5.41) is 0. The first-order valence-electron chi connectivity index (χ1n) is 9.23. The molecular weight excluding hydrogens is 336 g/mol. The van der Waals surface area contributed by atoms with Gasteiger partial charge in [-0.05, 0) is 61.2 Å². The molecule has 3 aromatic rings. The molecule has 0 heterocycles. The first-order chi connectivity index (χ1) is 13.1. The Kier molecular flexibility index (Phi) is 6.26. The minimum Gasteiger partial charge on any atom is -0.494 e. The number of benzene rings is 3. The Balaban J connectivity index is 1.52. The van der Waals surface area contributed by atoms with E-state index >= 15 is 0 Å². The van der Waals surface area contributed by atoms with Crippen molar-refractivity contribution in [2.75, 3.05) is 6.61 Å². The van der Waals surface area contributed by atoms with Crippen LogP contribution in [0.3, 0.4) is 0 Å². The van der Waals surface area contributed by atoms with Gasteiger partial charge in [0.25, 0.3) is 0 Å². The summed E-state index contributed by atoms with van der Waals surface area (Å²) in [7, 11) is 0. The monoisotopic (exact) mass is 360 g/mol. The maximum absolute atomic E-state index is 12.1. The number of hydrogen-bond donors (Lipinski definition) is 0. The van der Waals surface area contributed by atoms with E-state index in [1.54, 1.807) is 0 Å². The van der Waals surface area contributed by atoms with E-state index in [0.717, 1.165) is 22.4 Å². The average molecular weight is 360 g/mol. The Morgan fingerprint density at radius 2 is 1.33 bits per heavy atom. The molecule has 0 saturated heterocycles. The van der Waals surface area contributed by atoms with Gasteiger partial charge in [-0.25, -0.2) is 0 Å². The van der Waals surface area contributed by atoms with Crippen molar-refractivity contribution in [1.29, 1.82) is 0 Å². The normalized spacial score (nSPS) is 10.4. The van der Waals surface area contributed by atoms with Gasteiger partial charge in [-0.15, -0.1) is 0 Å². The molecule has 0 aromatic heterocycles. The highest BCUT2D eigenvalue weighted by Gasteiger charge is 2.07. The summed E-state index contributed by atoms with van der Waals surface area (Å²) in [5.74, 6) is 1.19. The van der Waals surface area contributed by atoms with Crippen molar-refractivity contribution in [3.8, 4) is 22.6 Å². The fourth-order valence-electron chi connectivity index (χ4n) is 2.81. The average Bonchev–Trinajstić information content (AvgIpc) is 2.69. The van der Waals surface area contributed by atoms with Crippen LogP contribution in [-0.4, -0.2) is 12.6 Å². The summed E-state index contributed by atoms with van der Waals surface area (Å²) in [6.07, 6.45) is 0.986. The zero-order valence-electron chi connectivity index (χ0n) is 15.8. The van der Waals surface area contributed by atoms with Crippen molar-refractivity contribution in [2.45, 2.75) is 26.7 Å². The Labute approximate surface area is 160 Å². The summed E-state index contributed by atoms with van der Waals surface area (Å²) in [6, 6.07) is 23.8. The predicted molar refractivity (Wildman–Crippen MR) is 108 cm³/mol. The smallest absolute Gasteiger partial charge is 0.311 e. The maximum atomic E-state index is 12.1. The van der Waals surface area contributed by atoms with Crippen molar-refractivity contribution in [3.05, 3.63) is 83.9 Å². The molecule has 3 nitrogen and oxygen atoms in total. The first kappa shape index (κ1) is 18.7. The third-order valence-electron chi connectivity index (χ3n) is 4.32. The molecule has 0 saturated carbocycles. The predicted octanol–water partition coefficient (Wildman–Crippen LogP) is 5.60. The lowest BCUT2D eigenvalue weighted by atomic mass is 10.0. The van der Waals surface area contributed by atoms with Crippen LogP contribution in [0.1, 0.15) is 24.5 Å². The molecule has 0 aliphatic carbocycles. The third-order valence-corrected chi connectivity index (χ3v) is 4.32. The fraction of sp³-hybridized carbons (Fsp3) is 0.208. The zero-order valence-corrected chi connectivity index (χ0v) is 15.8. The topological polar surface area (TPSA) is 35.5 Å². The van der Waals surface area contributed by atoms with Crippen molar-refractivity contribution in [1.82, 2.24) is 0 Å². The van der Waals surface area contributed by atoms with Crippen LogP contribution in [0.15, 0.2) is 72.8 Å². The molecule has 0 bridgehead atoms. The van der Waals surface area contributed by atoms with Crippen LogP contribution < -0.4 is 9.47 Å². The minimum atomic E-state index is -0.230. The number of hydrogen-bond acceptors (Lipinski definition) is 3. The maximum Gasteiger partial charge on any atom is 0.311 e. The quantitative estimate of drug-likeness (QED) is 0.406. The van der Waals surface area contributed by atoms with Crippen molar-refractivity contribution in [3.63, 3.8) is 0 Å². The van der Waals surface area contributed by atoms with Crippen LogP contribution in [0.2, 0.25) is 0 Å². The molecule has 0 fully saturated rings. The lowest BCUT2D eigenvalue weighted by Gasteiger charge is -2.07. The second-order valence-electron chi connectivity index (χ2n) is 6.44. The van der Waals surface area contributed by atoms with Crippen LogP contribution in [0, 0.1) is 6.92 Å². The van der Waals surface area contributed by atoms with Crippen LogP contribution in [0.4, 0.5) is 0 Å². The van der Waals surface area contributed by atoms with E-state index in [-0.39, 0.29) is 5.97 Å². The van der Waals surface area contributed by atoms with E-state index in [2.05, 4.69) is 31.2 Å². The van der Waals surface area contributed by atoms with Gasteiger partial charge >= 0.3 is 5.97 Å². The molecule has 0 atom stereocenters. The molecule has 138 valence electrons. The molecule has 27 heavy (non-hydrogen) atoms. The molecule has 3 heteroatoms. The van der Waals surface area contributed by atoms with E-state index < -0.39 is 0 Å². The molecule has 0 radical (unpaired) electrons. The van der Waals surface area contributed by atoms with Crippen LogP contribution >= 0.6 is 0 Å². The van der Waals surface area contributed by atoms with Gasteiger partial charge in [-0.3, -0.25) is 4.79 Å². The highest BCUT2D eigenvalue weighted by atomic mass is 16.5. The number of carbonyl (C=O) groups is 1. The summed E-state index contributed by atoms with van der Waals surface area (Å²) in [4.78, 5) is 12.1. The molecular formula is C24H24O3. The Hall–Kier alpha value is -3.07. The van der Waals surface area contributed by atoms with Crippen LogP contribution in [-0.2, 0) is 11.2 Å². The van der Waals surface area contributed by atoms with Gasteiger partial charge in [0.1, 0.15) is 11.5 Å². The molecule has 0 spiro atoms. The second kappa shape index (κ2) is 9.04. The molecule has 0 unspecified atom stereocenters. The standard InChI is InChI=1S/C24H24O3/c1-3-26-22-13-6-19(7-14-22)8-17-24(25)27-23-15-11-21(12-16-23)20-9-4-18(2)5-10-20/h4-7,9-16H,3,8,17H2,1-2H3. The summed E-state index contributed by atoms with van der Waals surface area (Å²) in [6.45, 7) is 4.67. The summed E-state index contributed by atoms with van der Waals surface area (Å²) >= 11 is 0. The van der Waals surface area contributed by atoms with Gasteiger partial charge < -0.3 is 9.47 Å². The molecule has 0 aliphatic heterocycles. The van der Waals surface area contributed by atoms with Gasteiger partial charge in [-0.1, -0.05) is 54.1 Å². The van der Waals surface area contributed by atoms with Crippen LogP contribution in [0.5, 0.6) is 11.5 Å². The van der Waals surface area contributed by atoms with Gasteiger partial charge in [0, 0.05) is 6.42 Å². The Morgan fingerprint density at radius 3 is 1.93 bits per heavy atom. The highest BCUT2D eigenvalue weighted by Crippen LogP contribution is 2.23. The molecule has 0 N–H and O–H groups in total. The van der Waals surface area contributed by atoms with E-state index in [1.807, 2.05) is 55.5 Å². The largest absolute Gasteiger partial charge is 0.494 e. The van der Waals surface area contributed by atoms with Gasteiger partial charge in [-0.2, -0.15) is 0 Å². The van der Waals surface area contributed by atoms with Crippen molar-refractivity contribution < 1.29 is 14.3 Å². The first-order valence-corrected chi connectivity index (χ1v) is 9.23. The second-order valence-corrected chi connectivity index (χ2v) is 6.44. The molecule has 3 rings (SSSR count). The SMILES string of the molecule is CCOc1ccc(CCC(=O)Oc2ccc(-c3ccc(C)cc3)cc2)cc1. The number of carbonyl (C=O) groups excluding carboxylic acids is 1. The highest BCUT2D eigenvalue weighted by molar-refractivity contribution is 5.73. The fourth-order valence-corrected chi connectivity index (χ4v) is 2.81. The number of ether oxygens (including phenoxy) is 2. The number of aryl methyl sites for hydroxylation is 2. The van der Waals surface area contributed by atoms with Gasteiger partial charge in [0.05, 0.1) is 6.61 Å². The van der Waals surface area contributed by atoms with Crippen molar-refractivity contribution >= 4 is 5.97 Å². The van der Waals surface area contributed by atoms with Gasteiger partial charge in [0.2, 0.25) is 0 Å².